The van der Waals surface area contributed by atoms with Crippen molar-refractivity contribution in [3.8, 4) is 11.4 Å². The maximum atomic E-state index is 12.3. The van der Waals surface area contributed by atoms with Gasteiger partial charge in [-0.2, -0.15) is 0 Å². The first kappa shape index (κ1) is 25.6. The molecule has 30 heavy (non-hydrogen) atoms. The summed E-state index contributed by atoms with van der Waals surface area (Å²) in [6.45, 7) is 1.61. The third-order valence-corrected chi connectivity index (χ3v) is 4.98. The highest BCUT2D eigenvalue weighted by molar-refractivity contribution is 9.10. The van der Waals surface area contributed by atoms with E-state index in [4.69, 9.17) is 74.3 Å². The van der Waals surface area contributed by atoms with E-state index in [0.29, 0.717) is 10.0 Å². The summed E-state index contributed by atoms with van der Waals surface area (Å²) in [4.78, 5) is 35.8. The second kappa shape index (κ2) is 10.3. The molecule has 7 nitrogen and oxygen atoms in total. The van der Waals surface area contributed by atoms with E-state index < -0.39 is 19.5 Å². The van der Waals surface area contributed by atoms with E-state index in [9.17, 15) is 9.59 Å². The van der Waals surface area contributed by atoms with Gasteiger partial charge < -0.3 is 10.1 Å². The number of hydrogen-bond donors (Lipinski definition) is 1. The van der Waals surface area contributed by atoms with Crippen molar-refractivity contribution >= 4 is 97.4 Å². The maximum Gasteiger partial charge on any atom is 0.325 e. The smallest absolute Gasteiger partial charge is 0.325 e. The first-order chi connectivity index (χ1) is 13.8. The van der Waals surface area contributed by atoms with Gasteiger partial charge in [0.05, 0.1) is 12.2 Å². The Balaban J connectivity index is 2.38. The van der Waals surface area contributed by atoms with E-state index in [0.717, 1.165) is 0 Å². The third-order valence-electron chi connectivity index (χ3n) is 3.31. The van der Waals surface area contributed by atoms with Crippen LogP contribution < -0.4 is 5.32 Å². The number of carbonyl (C=O) groups is 2. The fourth-order valence-electron chi connectivity index (χ4n) is 2.06. The van der Waals surface area contributed by atoms with Crippen molar-refractivity contribution in [3.05, 3.63) is 39.9 Å². The van der Waals surface area contributed by atoms with Crippen molar-refractivity contribution in [3.63, 3.8) is 0 Å². The highest BCUT2D eigenvalue weighted by Crippen LogP contribution is 2.40. The highest BCUT2D eigenvalue weighted by atomic mass is 79.9. The van der Waals surface area contributed by atoms with Crippen LogP contribution in [0.25, 0.3) is 11.4 Å². The molecular formula is C16H11BrCl6N4O3. The number of ether oxygens (including phenoxy) is 1. The zero-order chi connectivity index (χ0) is 22.7. The first-order valence-electron chi connectivity index (χ1n) is 7.97. The zero-order valence-corrected chi connectivity index (χ0v) is 21.0. The Morgan fingerprint density at radius 2 is 1.60 bits per heavy atom. The van der Waals surface area contributed by atoms with Crippen LogP contribution in [0.15, 0.2) is 22.7 Å². The molecule has 14 heteroatoms. The van der Waals surface area contributed by atoms with E-state index in [1.165, 1.54) is 12.1 Å². The van der Waals surface area contributed by atoms with Gasteiger partial charge in [-0.25, -0.2) is 15.0 Å². The van der Waals surface area contributed by atoms with E-state index in [2.05, 4.69) is 36.2 Å². The predicted molar refractivity (Wildman–Crippen MR) is 120 cm³/mol. The van der Waals surface area contributed by atoms with Crippen LogP contribution in [0, 0.1) is 0 Å². The van der Waals surface area contributed by atoms with Crippen LogP contribution >= 0.6 is 85.5 Å². The number of amides is 1. The van der Waals surface area contributed by atoms with Crippen molar-refractivity contribution in [2.24, 2.45) is 0 Å². The summed E-state index contributed by atoms with van der Waals surface area (Å²) in [6.07, 6.45) is 0. The molecule has 0 unspecified atom stereocenters. The standard InChI is InChI=1S/C16H11BrCl6N4O3/c1-2-30-10(28)6-24-12(29)8-4-3-7(5-9(8)17)11-25-13(15(18,19)20)27-14(26-11)16(21,22)23/h3-5H,2,6H2,1H3,(H,24,29). The molecule has 0 saturated heterocycles. The lowest BCUT2D eigenvalue weighted by atomic mass is 10.1. The SMILES string of the molecule is CCOC(=O)CNC(=O)c1ccc(-c2nc(C(Cl)(Cl)Cl)nc(C(Cl)(Cl)Cl)n2)cc1Br. The molecule has 1 amide bonds. The number of halogens is 7. The number of nitrogens with one attached hydrogen (secondary N) is 1. The Kier molecular flexibility index (Phi) is 8.84. The molecule has 0 saturated carbocycles. The van der Waals surface area contributed by atoms with Gasteiger partial charge in [0, 0.05) is 10.0 Å². The van der Waals surface area contributed by atoms with E-state index in [1.807, 2.05) is 0 Å². The van der Waals surface area contributed by atoms with Crippen LogP contribution in [0.4, 0.5) is 0 Å². The zero-order valence-electron chi connectivity index (χ0n) is 14.9. The summed E-state index contributed by atoms with van der Waals surface area (Å²) in [7, 11) is 0. The average molecular weight is 600 g/mol. The molecule has 0 bridgehead atoms. The molecule has 0 fully saturated rings. The van der Waals surface area contributed by atoms with Crippen LogP contribution in [-0.2, 0) is 17.1 Å². The van der Waals surface area contributed by atoms with Crippen molar-refractivity contribution in [1.82, 2.24) is 20.3 Å². The Bertz CT molecular complexity index is 933. The molecule has 2 rings (SSSR count). The molecule has 0 aliphatic carbocycles. The number of alkyl halides is 6. The van der Waals surface area contributed by atoms with Gasteiger partial charge >= 0.3 is 5.97 Å². The van der Waals surface area contributed by atoms with Crippen molar-refractivity contribution in [1.29, 1.82) is 0 Å². The largest absolute Gasteiger partial charge is 0.465 e. The van der Waals surface area contributed by atoms with Crippen LogP contribution in [0.5, 0.6) is 0 Å². The summed E-state index contributed by atoms with van der Waals surface area (Å²) < 4.78 is 1.16. The normalized spacial score (nSPS) is 11.9. The molecule has 1 aromatic carbocycles. The summed E-state index contributed by atoms with van der Waals surface area (Å²) in [5, 5.41) is 2.45. The molecule has 2 aromatic rings. The molecular weight excluding hydrogens is 589 g/mol. The molecule has 1 heterocycles. The van der Waals surface area contributed by atoms with Gasteiger partial charge in [0.1, 0.15) is 6.54 Å². The fourth-order valence-corrected chi connectivity index (χ4v) is 3.12. The second-order valence-corrected chi connectivity index (χ2v) is 10.9. The molecule has 0 aliphatic rings. The number of carbonyl (C=O) groups excluding carboxylic acids is 2. The maximum absolute atomic E-state index is 12.3. The Hall–Kier alpha value is -0.610. The minimum absolute atomic E-state index is 0.0480. The lowest BCUT2D eigenvalue weighted by Gasteiger charge is -2.16. The number of esters is 1. The predicted octanol–water partition coefficient (Wildman–Crippen LogP) is 5.25. The molecule has 162 valence electrons. The Labute approximate surface area is 209 Å². The molecule has 0 aliphatic heterocycles. The summed E-state index contributed by atoms with van der Waals surface area (Å²) in [5.74, 6) is -1.49. The van der Waals surface area contributed by atoms with Gasteiger partial charge in [-0.1, -0.05) is 75.7 Å². The minimum Gasteiger partial charge on any atom is -0.465 e. The minimum atomic E-state index is -1.99. The summed E-state index contributed by atoms with van der Waals surface area (Å²) in [5.41, 5.74) is 0.664. The van der Waals surface area contributed by atoms with Crippen LogP contribution in [0.2, 0.25) is 0 Å². The molecule has 0 radical (unpaired) electrons. The van der Waals surface area contributed by atoms with Crippen LogP contribution in [-0.4, -0.2) is 40.0 Å². The van der Waals surface area contributed by atoms with Gasteiger partial charge in [0.25, 0.3) is 5.91 Å². The fraction of sp³-hybridized carbons (Fsp3) is 0.312. The average Bonchev–Trinajstić information content (AvgIpc) is 2.64. The van der Waals surface area contributed by atoms with Gasteiger partial charge in [0.2, 0.25) is 7.59 Å². The molecule has 1 aromatic heterocycles. The topological polar surface area (TPSA) is 94.1 Å². The summed E-state index contributed by atoms with van der Waals surface area (Å²) in [6, 6.07) is 4.55. The molecule has 1 N–H and O–H groups in total. The Morgan fingerprint density at radius 1 is 1.03 bits per heavy atom. The number of benzene rings is 1. The molecule has 0 spiro atoms. The van der Waals surface area contributed by atoms with Crippen molar-refractivity contribution < 1.29 is 14.3 Å². The molecule has 0 atom stereocenters. The van der Waals surface area contributed by atoms with Crippen LogP contribution in [0.1, 0.15) is 28.9 Å². The lowest BCUT2D eigenvalue weighted by Crippen LogP contribution is -2.30. The third kappa shape index (κ3) is 6.95. The number of hydrogen-bond acceptors (Lipinski definition) is 6. The second-order valence-electron chi connectivity index (χ2n) is 5.48. The highest BCUT2D eigenvalue weighted by Gasteiger charge is 2.34. The number of aromatic nitrogens is 3. The first-order valence-corrected chi connectivity index (χ1v) is 11.0. The number of rotatable bonds is 5. The van der Waals surface area contributed by atoms with E-state index >= 15 is 0 Å². The van der Waals surface area contributed by atoms with Gasteiger partial charge in [-0.3, -0.25) is 9.59 Å². The van der Waals surface area contributed by atoms with E-state index in [1.54, 1.807) is 13.0 Å². The number of nitrogens with zero attached hydrogens (tertiary/aromatic N) is 3. The van der Waals surface area contributed by atoms with Crippen molar-refractivity contribution in [2.45, 2.75) is 14.5 Å². The quantitative estimate of drug-likeness (QED) is 0.373. The van der Waals surface area contributed by atoms with E-state index in [-0.39, 0.29) is 36.2 Å². The lowest BCUT2D eigenvalue weighted by molar-refractivity contribution is -0.141. The summed E-state index contributed by atoms with van der Waals surface area (Å²) >= 11 is 38.5. The van der Waals surface area contributed by atoms with Crippen molar-refractivity contribution in [2.75, 3.05) is 13.2 Å². The van der Waals surface area contributed by atoms with Gasteiger partial charge in [-0.05, 0) is 35.0 Å². The van der Waals surface area contributed by atoms with Gasteiger partial charge in [-0.15, -0.1) is 0 Å². The van der Waals surface area contributed by atoms with Crippen LogP contribution in [0.3, 0.4) is 0 Å². The monoisotopic (exact) mass is 596 g/mol. The van der Waals surface area contributed by atoms with Gasteiger partial charge in [0.15, 0.2) is 17.5 Å². The Morgan fingerprint density at radius 3 is 2.07 bits per heavy atom.